The van der Waals surface area contributed by atoms with Gasteiger partial charge in [0.2, 0.25) is 0 Å². The van der Waals surface area contributed by atoms with E-state index < -0.39 is 0 Å². The van der Waals surface area contributed by atoms with E-state index in [2.05, 4.69) is 161 Å². The Labute approximate surface area is 227 Å². The Hall–Kier alpha value is -4.42. The zero-order chi connectivity index (χ0) is 26.5. The van der Waals surface area contributed by atoms with Crippen molar-refractivity contribution in [1.29, 1.82) is 0 Å². The van der Waals surface area contributed by atoms with Gasteiger partial charge in [0.05, 0.1) is 0 Å². The van der Waals surface area contributed by atoms with E-state index in [1.54, 1.807) is 0 Å². The summed E-state index contributed by atoms with van der Waals surface area (Å²) >= 11 is 0. The average Bonchev–Trinajstić information content (AvgIpc) is 2.97. The maximum absolute atomic E-state index is 2.35. The molecule has 0 radical (unpaired) electrons. The van der Waals surface area contributed by atoms with Crippen molar-refractivity contribution in [2.45, 2.75) is 27.7 Å². The largest absolute Gasteiger partial charge is 0.0877 e. The van der Waals surface area contributed by atoms with Crippen LogP contribution in [0.4, 0.5) is 0 Å². The highest BCUT2D eigenvalue weighted by Crippen LogP contribution is 2.37. The minimum Gasteiger partial charge on any atom is -0.0877 e. The third kappa shape index (κ3) is 5.31. The van der Waals surface area contributed by atoms with Crippen LogP contribution in [0.2, 0.25) is 0 Å². The summed E-state index contributed by atoms with van der Waals surface area (Å²) < 4.78 is 0. The Balaban J connectivity index is 1.66. The molecule has 0 aliphatic heterocycles. The van der Waals surface area contributed by atoms with E-state index in [0.29, 0.717) is 0 Å². The lowest BCUT2D eigenvalue weighted by atomic mass is 9.87. The lowest BCUT2D eigenvalue weighted by Gasteiger charge is -2.17. The molecule has 0 spiro atoms. The summed E-state index contributed by atoms with van der Waals surface area (Å²) in [6, 6.07) is 41.8. The normalized spacial score (nSPS) is 11.7. The van der Waals surface area contributed by atoms with Crippen LogP contribution in [0, 0.1) is 13.8 Å². The zero-order valence-corrected chi connectivity index (χ0v) is 22.7. The van der Waals surface area contributed by atoms with E-state index in [1.165, 1.54) is 66.8 Å². The van der Waals surface area contributed by atoms with Crippen molar-refractivity contribution in [1.82, 2.24) is 0 Å². The fraction of sp³-hybridized carbons (Fsp3) is 0.105. The van der Waals surface area contributed by atoms with Gasteiger partial charge in [-0.1, -0.05) is 109 Å². The number of hydrogen-bond donors (Lipinski definition) is 0. The van der Waals surface area contributed by atoms with Crippen LogP contribution in [-0.4, -0.2) is 0 Å². The number of rotatable bonds is 6. The fourth-order valence-corrected chi connectivity index (χ4v) is 5.09. The van der Waals surface area contributed by atoms with Gasteiger partial charge in [-0.05, 0) is 119 Å². The molecule has 0 aliphatic rings. The Kier molecular flexibility index (Phi) is 7.52. The minimum atomic E-state index is 1.24. The van der Waals surface area contributed by atoms with Crippen LogP contribution >= 0.6 is 0 Å². The molecule has 0 aliphatic carbocycles. The smallest absolute Gasteiger partial charge is 0.0142 e. The predicted octanol–water partition coefficient (Wildman–Crippen LogP) is 11.0. The molecule has 0 aromatic heterocycles. The van der Waals surface area contributed by atoms with E-state index in [1.807, 2.05) is 0 Å². The predicted molar refractivity (Wildman–Crippen MR) is 166 cm³/mol. The monoisotopic (exact) mass is 490 g/mol. The molecule has 0 saturated heterocycles. The standard InChI is InChI=1S/C38H34/c1-5-6-14-27(2)35-25-37(31-17-11-8-12-18-31)29(4)38(26-35)34-20-13-19-33(23-34)36-24-32(22-21-28(36)3)30-15-9-7-10-16-30/h5-26H,1-4H3. The van der Waals surface area contributed by atoms with Crippen LogP contribution < -0.4 is 0 Å². The second-order valence-electron chi connectivity index (χ2n) is 9.91. The molecular formula is C38H34. The molecular weight excluding hydrogens is 456 g/mol. The molecule has 5 rings (SSSR count). The van der Waals surface area contributed by atoms with Gasteiger partial charge in [-0.15, -0.1) is 0 Å². The molecule has 0 heterocycles. The van der Waals surface area contributed by atoms with Crippen molar-refractivity contribution >= 4 is 5.57 Å². The van der Waals surface area contributed by atoms with E-state index in [-0.39, 0.29) is 0 Å². The number of allylic oxidation sites excluding steroid dienone is 4. The van der Waals surface area contributed by atoms with Crippen LogP contribution in [0.5, 0.6) is 0 Å². The topological polar surface area (TPSA) is 0 Å². The summed E-state index contributed by atoms with van der Waals surface area (Å²) in [5, 5.41) is 0. The van der Waals surface area contributed by atoms with E-state index >= 15 is 0 Å². The van der Waals surface area contributed by atoms with Crippen LogP contribution in [0.15, 0.2) is 133 Å². The minimum absolute atomic E-state index is 1.24. The molecule has 0 unspecified atom stereocenters. The van der Waals surface area contributed by atoms with E-state index in [9.17, 15) is 0 Å². The molecule has 5 aromatic rings. The number of benzene rings is 5. The summed E-state index contributed by atoms with van der Waals surface area (Å²) in [4.78, 5) is 0. The van der Waals surface area contributed by atoms with Gasteiger partial charge in [0, 0.05) is 0 Å². The van der Waals surface area contributed by atoms with Gasteiger partial charge in [-0.3, -0.25) is 0 Å². The van der Waals surface area contributed by atoms with Gasteiger partial charge in [0.1, 0.15) is 0 Å². The van der Waals surface area contributed by atoms with Crippen molar-refractivity contribution in [3.8, 4) is 44.5 Å². The third-order valence-corrected chi connectivity index (χ3v) is 7.32. The summed E-state index contributed by atoms with van der Waals surface area (Å²) in [6.45, 7) is 8.70. The van der Waals surface area contributed by atoms with Crippen LogP contribution in [0.1, 0.15) is 30.5 Å². The summed E-state index contributed by atoms with van der Waals surface area (Å²) in [7, 11) is 0. The maximum Gasteiger partial charge on any atom is -0.0142 e. The molecule has 0 fully saturated rings. The Morgan fingerprint density at radius 2 is 1.11 bits per heavy atom. The fourth-order valence-electron chi connectivity index (χ4n) is 5.09. The molecule has 0 bridgehead atoms. The molecule has 38 heavy (non-hydrogen) atoms. The Bertz CT molecular complexity index is 1620. The first-order chi connectivity index (χ1) is 18.5. The molecule has 0 nitrogen and oxygen atoms in total. The summed E-state index contributed by atoms with van der Waals surface area (Å²) in [5.74, 6) is 0. The molecule has 5 aromatic carbocycles. The van der Waals surface area contributed by atoms with Crippen LogP contribution in [-0.2, 0) is 0 Å². The first-order valence-corrected chi connectivity index (χ1v) is 13.3. The molecule has 0 amide bonds. The lowest BCUT2D eigenvalue weighted by Crippen LogP contribution is -1.93. The molecule has 186 valence electrons. The van der Waals surface area contributed by atoms with Crippen LogP contribution in [0.3, 0.4) is 0 Å². The van der Waals surface area contributed by atoms with E-state index in [4.69, 9.17) is 0 Å². The number of aryl methyl sites for hydroxylation is 1. The second kappa shape index (κ2) is 11.3. The highest BCUT2D eigenvalue weighted by molar-refractivity contribution is 5.86. The second-order valence-corrected chi connectivity index (χ2v) is 9.91. The Morgan fingerprint density at radius 1 is 0.526 bits per heavy atom. The summed E-state index contributed by atoms with van der Waals surface area (Å²) in [5.41, 5.74) is 15.1. The van der Waals surface area contributed by atoms with Gasteiger partial charge < -0.3 is 0 Å². The molecule has 0 atom stereocenters. The Morgan fingerprint density at radius 3 is 1.76 bits per heavy atom. The van der Waals surface area contributed by atoms with Crippen LogP contribution in [0.25, 0.3) is 50.1 Å². The van der Waals surface area contributed by atoms with Crippen molar-refractivity contribution < 1.29 is 0 Å². The number of hydrogen-bond acceptors (Lipinski definition) is 0. The SMILES string of the molecule is CC=CC=C(C)c1cc(-c2ccccc2)c(C)c(-c2cccc(-c3cc(-c4ccccc4)ccc3C)c2)c1. The quantitative estimate of drug-likeness (QED) is 0.208. The molecule has 0 N–H and O–H groups in total. The highest BCUT2D eigenvalue weighted by atomic mass is 14.2. The van der Waals surface area contributed by atoms with Gasteiger partial charge in [0.15, 0.2) is 0 Å². The zero-order valence-electron chi connectivity index (χ0n) is 22.7. The van der Waals surface area contributed by atoms with Crippen molar-refractivity contribution in [2.75, 3.05) is 0 Å². The van der Waals surface area contributed by atoms with Crippen molar-refractivity contribution in [3.05, 3.63) is 150 Å². The summed E-state index contributed by atoms with van der Waals surface area (Å²) in [6.07, 6.45) is 6.38. The molecule has 0 saturated carbocycles. The lowest BCUT2D eigenvalue weighted by molar-refractivity contribution is 1.42. The molecule has 0 heteroatoms. The van der Waals surface area contributed by atoms with E-state index in [0.717, 1.165) is 0 Å². The maximum atomic E-state index is 2.35. The highest BCUT2D eigenvalue weighted by Gasteiger charge is 2.13. The van der Waals surface area contributed by atoms with Gasteiger partial charge in [-0.25, -0.2) is 0 Å². The first-order valence-electron chi connectivity index (χ1n) is 13.3. The van der Waals surface area contributed by atoms with Crippen molar-refractivity contribution in [2.24, 2.45) is 0 Å². The van der Waals surface area contributed by atoms with Gasteiger partial charge >= 0.3 is 0 Å². The third-order valence-electron chi connectivity index (χ3n) is 7.32. The van der Waals surface area contributed by atoms with Gasteiger partial charge in [-0.2, -0.15) is 0 Å². The van der Waals surface area contributed by atoms with Gasteiger partial charge in [0.25, 0.3) is 0 Å². The first kappa shape index (κ1) is 25.2. The van der Waals surface area contributed by atoms with Crippen molar-refractivity contribution in [3.63, 3.8) is 0 Å². The average molecular weight is 491 g/mol.